The molecule has 1 unspecified atom stereocenters. The van der Waals surface area contributed by atoms with Gasteiger partial charge in [-0.25, -0.2) is 9.97 Å². The second-order valence-electron chi connectivity index (χ2n) is 8.06. The summed E-state index contributed by atoms with van der Waals surface area (Å²) in [5.74, 6) is 1.91. The van der Waals surface area contributed by atoms with Crippen molar-refractivity contribution < 1.29 is 4.79 Å². The fourth-order valence-electron chi connectivity index (χ4n) is 3.85. The van der Waals surface area contributed by atoms with Gasteiger partial charge in [0.15, 0.2) is 0 Å². The molecule has 30 heavy (non-hydrogen) atoms. The smallest absolute Gasteiger partial charge is 0.273 e. The summed E-state index contributed by atoms with van der Waals surface area (Å²) in [7, 11) is 5.75. The molecule has 1 N–H and O–H groups in total. The van der Waals surface area contributed by atoms with Crippen LogP contribution in [0.4, 0.5) is 5.82 Å². The molecule has 1 amide bonds. The lowest BCUT2D eigenvalue weighted by Gasteiger charge is -2.24. The summed E-state index contributed by atoms with van der Waals surface area (Å²) in [6.45, 7) is 2.34. The Morgan fingerprint density at radius 3 is 2.77 bits per heavy atom. The SMILES string of the molecule is CN(Cc1cc(N(C)C)nc(C2CCCNC2)n1)C(=O)c1nccc2ccccc12. The van der Waals surface area contributed by atoms with E-state index in [1.807, 2.05) is 55.4 Å². The second-order valence-corrected chi connectivity index (χ2v) is 8.06. The number of aromatic nitrogens is 3. The fourth-order valence-corrected chi connectivity index (χ4v) is 3.85. The van der Waals surface area contributed by atoms with Crippen LogP contribution in [0.15, 0.2) is 42.6 Å². The van der Waals surface area contributed by atoms with Crippen molar-refractivity contribution in [3.63, 3.8) is 0 Å². The molecule has 2 aromatic heterocycles. The van der Waals surface area contributed by atoms with Gasteiger partial charge in [0, 0.05) is 51.3 Å². The van der Waals surface area contributed by atoms with Gasteiger partial charge in [-0.15, -0.1) is 0 Å². The highest BCUT2D eigenvalue weighted by atomic mass is 16.2. The monoisotopic (exact) mass is 404 g/mol. The third-order valence-corrected chi connectivity index (χ3v) is 5.53. The van der Waals surface area contributed by atoms with E-state index in [4.69, 9.17) is 9.97 Å². The first-order chi connectivity index (χ1) is 14.5. The zero-order valence-corrected chi connectivity index (χ0v) is 17.8. The quantitative estimate of drug-likeness (QED) is 0.705. The number of nitrogens with one attached hydrogen (secondary N) is 1. The molecule has 7 nitrogen and oxygen atoms in total. The van der Waals surface area contributed by atoms with Crippen molar-refractivity contribution in [2.75, 3.05) is 39.1 Å². The van der Waals surface area contributed by atoms with Gasteiger partial charge >= 0.3 is 0 Å². The predicted molar refractivity (Wildman–Crippen MR) is 119 cm³/mol. The summed E-state index contributed by atoms with van der Waals surface area (Å²) in [4.78, 5) is 30.8. The lowest BCUT2D eigenvalue weighted by molar-refractivity contribution is 0.0779. The maximum Gasteiger partial charge on any atom is 0.273 e. The average molecular weight is 405 g/mol. The molecule has 1 aliphatic rings. The minimum atomic E-state index is -0.113. The number of anilines is 1. The number of nitrogens with zero attached hydrogens (tertiary/aromatic N) is 5. The largest absolute Gasteiger partial charge is 0.363 e. The minimum absolute atomic E-state index is 0.113. The van der Waals surface area contributed by atoms with E-state index in [9.17, 15) is 4.79 Å². The Kier molecular flexibility index (Phi) is 5.90. The first-order valence-corrected chi connectivity index (χ1v) is 10.4. The lowest BCUT2D eigenvalue weighted by atomic mass is 9.99. The molecule has 0 radical (unpaired) electrons. The molecule has 0 spiro atoms. The van der Waals surface area contributed by atoms with Crippen molar-refractivity contribution in [1.29, 1.82) is 0 Å². The average Bonchev–Trinajstić information content (AvgIpc) is 2.78. The van der Waals surface area contributed by atoms with Gasteiger partial charge in [0.05, 0.1) is 12.2 Å². The molecule has 3 heterocycles. The first kappa shape index (κ1) is 20.2. The van der Waals surface area contributed by atoms with Crippen molar-refractivity contribution in [2.45, 2.75) is 25.3 Å². The Hall–Kier alpha value is -3.06. The van der Waals surface area contributed by atoms with E-state index in [1.54, 1.807) is 18.1 Å². The van der Waals surface area contributed by atoms with Crippen molar-refractivity contribution in [3.8, 4) is 0 Å². The van der Waals surface area contributed by atoms with Crippen LogP contribution in [-0.4, -0.2) is 60.0 Å². The van der Waals surface area contributed by atoms with E-state index in [0.29, 0.717) is 18.2 Å². The van der Waals surface area contributed by atoms with Crippen LogP contribution < -0.4 is 10.2 Å². The standard InChI is InChI=1S/C23H28N6O/c1-28(2)20-13-18(26-22(27-20)17-8-6-11-24-14-17)15-29(3)23(30)21-19-9-5-4-7-16(19)10-12-25-21/h4-5,7,9-10,12-13,17,24H,6,8,11,14-15H2,1-3H3. The molecule has 0 saturated carbocycles. The predicted octanol–water partition coefficient (Wildman–Crippen LogP) is 2.83. The number of fused-ring (bicyclic) bond motifs is 1. The Morgan fingerprint density at radius 1 is 1.17 bits per heavy atom. The van der Waals surface area contributed by atoms with Gasteiger partial charge in [-0.05, 0) is 30.8 Å². The number of rotatable bonds is 5. The molecule has 156 valence electrons. The summed E-state index contributed by atoms with van der Waals surface area (Å²) < 4.78 is 0. The van der Waals surface area contributed by atoms with Gasteiger partial charge in [0.25, 0.3) is 5.91 Å². The number of piperidine rings is 1. The fraction of sp³-hybridized carbons (Fsp3) is 0.391. The lowest BCUT2D eigenvalue weighted by Crippen LogP contribution is -2.31. The molecule has 0 bridgehead atoms. The zero-order chi connectivity index (χ0) is 21.1. The van der Waals surface area contributed by atoms with Gasteiger partial charge in [-0.1, -0.05) is 24.3 Å². The van der Waals surface area contributed by atoms with E-state index < -0.39 is 0 Å². The second kappa shape index (κ2) is 8.75. The highest BCUT2D eigenvalue weighted by Crippen LogP contribution is 2.23. The normalized spacial score (nSPS) is 16.4. The van der Waals surface area contributed by atoms with E-state index in [-0.39, 0.29) is 5.91 Å². The van der Waals surface area contributed by atoms with E-state index in [1.165, 1.54) is 0 Å². The summed E-state index contributed by atoms with van der Waals surface area (Å²) in [5.41, 5.74) is 1.31. The maximum absolute atomic E-state index is 13.2. The molecule has 0 aliphatic carbocycles. The number of hydrogen-bond donors (Lipinski definition) is 1. The van der Waals surface area contributed by atoms with Gasteiger partial charge in [-0.2, -0.15) is 0 Å². The van der Waals surface area contributed by atoms with Crippen LogP contribution in [0.3, 0.4) is 0 Å². The van der Waals surface area contributed by atoms with Gasteiger partial charge in [-0.3, -0.25) is 9.78 Å². The van der Waals surface area contributed by atoms with Crippen molar-refractivity contribution in [3.05, 3.63) is 59.8 Å². The van der Waals surface area contributed by atoms with Crippen LogP contribution in [0, 0.1) is 0 Å². The van der Waals surface area contributed by atoms with E-state index in [0.717, 1.165) is 54.0 Å². The van der Waals surface area contributed by atoms with Gasteiger partial charge < -0.3 is 15.1 Å². The third-order valence-electron chi connectivity index (χ3n) is 5.53. The Morgan fingerprint density at radius 2 is 2.00 bits per heavy atom. The minimum Gasteiger partial charge on any atom is -0.363 e. The van der Waals surface area contributed by atoms with Crippen LogP contribution in [0.2, 0.25) is 0 Å². The molecular weight excluding hydrogens is 376 g/mol. The molecule has 1 aromatic carbocycles. The summed E-state index contributed by atoms with van der Waals surface area (Å²) >= 11 is 0. The number of hydrogen-bond acceptors (Lipinski definition) is 6. The van der Waals surface area contributed by atoms with Crippen LogP contribution in [0.25, 0.3) is 10.8 Å². The van der Waals surface area contributed by atoms with Gasteiger partial charge in [0.1, 0.15) is 17.3 Å². The van der Waals surface area contributed by atoms with Gasteiger partial charge in [0.2, 0.25) is 0 Å². The highest BCUT2D eigenvalue weighted by Gasteiger charge is 2.22. The van der Waals surface area contributed by atoms with Crippen molar-refractivity contribution in [2.24, 2.45) is 0 Å². The molecule has 1 atom stereocenters. The Balaban J connectivity index is 1.60. The highest BCUT2D eigenvalue weighted by molar-refractivity contribution is 6.04. The topological polar surface area (TPSA) is 74.2 Å². The molecule has 1 aliphatic heterocycles. The first-order valence-electron chi connectivity index (χ1n) is 10.4. The molecule has 4 rings (SSSR count). The summed E-state index contributed by atoms with van der Waals surface area (Å²) in [5, 5.41) is 5.30. The Bertz CT molecular complexity index is 1040. The van der Waals surface area contributed by atoms with E-state index >= 15 is 0 Å². The summed E-state index contributed by atoms with van der Waals surface area (Å²) in [6, 6.07) is 11.7. The Labute approximate surface area is 177 Å². The molecular formula is C23H28N6O. The molecule has 1 saturated heterocycles. The van der Waals surface area contributed by atoms with Crippen molar-refractivity contribution >= 4 is 22.5 Å². The number of amides is 1. The van der Waals surface area contributed by atoms with Crippen molar-refractivity contribution in [1.82, 2.24) is 25.2 Å². The number of carbonyl (C=O) groups is 1. The molecule has 3 aromatic rings. The zero-order valence-electron chi connectivity index (χ0n) is 17.8. The van der Waals surface area contributed by atoms with Crippen LogP contribution in [0.1, 0.15) is 40.8 Å². The van der Waals surface area contributed by atoms with E-state index in [2.05, 4.69) is 10.3 Å². The molecule has 7 heteroatoms. The summed E-state index contributed by atoms with van der Waals surface area (Å²) in [6.07, 6.45) is 3.89. The number of pyridine rings is 1. The number of carbonyl (C=O) groups excluding carboxylic acids is 1. The van der Waals surface area contributed by atoms with Crippen LogP contribution in [-0.2, 0) is 6.54 Å². The van der Waals surface area contributed by atoms with Crippen LogP contribution >= 0.6 is 0 Å². The molecule has 1 fully saturated rings. The third kappa shape index (κ3) is 4.26. The number of benzene rings is 1. The maximum atomic E-state index is 13.2. The van der Waals surface area contributed by atoms with Crippen LogP contribution in [0.5, 0.6) is 0 Å².